The van der Waals surface area contributed by atoms with Gasteiger partial charge in [-0.2, -0.15) is 0 Å². The Hall–Kier alpha value is -0.490. The molecular formula is C15H21ClIN3. The van der Waals surface area contributed by atoms with E-state index in [9.17, 15) is 0 Å². The van der Waals surface area contributed by atoms with E-state index in [0.717, 1.165) is 23.9 Å². The molecule has 1 aromatic carbocycles. The van der Waals surface area contributed by atoms with E-state index in [0.29, 0.717) is 17.9 Å². The van der Waals surface area contributed by atoms with E-state index in [-0.39, 0.29) is 24.0 Å². The number of halogens is 2. The van der Waals surface area contributed by atoms with Gasteiger partial charge in [-0.1, -0.05) is 30.2 Å². The highest BCUT2D eigenvalue weighted by Gasteiger charge is 2.38. The number of hydrogen-bond acceptors (Lipinski definition) is 1. The Morgan fingerprint density at radius 3 is 2.85 bits per heavy atom. The van der Waals surface area contributed by atoms with Gasteiger partial charge >= 0.3 is 0 Å². The Balaban J connectivity index is 0.00000147. The molecule has 0 radical (unpaired) electrons. The molecule has 110 valence electrons. The first kappa shape index (κ1) is 15.9. The summed E-state index contributed by atoms with van der Waals surface area (Å²) in [5, 5.41) is 4.11. The molecule has 0 aromatic heterocycles. The zero-order chi connectivity index (χ0) is 13.2. The molecule has 2 aliphatic rings. The van der Waals surface area contributed by atoms with E-state index in [4.69, 9.17) is 17.3 Å². The van der Waals surface area contributed by atoms with Crippen LogP contribution in [0.4, 0.5) is 0 Å². The molecular weight excluding hydrogens is 385 g/mol. The van der Waals surface area contributed by atoms with Crippen molar-refractivity contribution in [1.29, 1.82) is 0 Å². The third-order valence-corrected chi connectivity index (χ3v) is 4.38. The number of guanidine groups is 1. The quantitative estimate of drug-likeness (QED) is 0.457. The Morgan fingerprint density at radius 1 is 1.40 bits per heavy atom. The van der Waals surface area contributed by atoms with E-state index < -0.39 is 0 Å². The van der Waals surface area contributed by atoms with Gasteiger partial charge in [0.25, 0.3) is 0 Å². The predicted molar refractivity (Wildman–Crippen MR) is 95.0 cm³/mol. The van der Waals surface area contributed by atoms with Crippen molar-refractivity contribution in [2.24, 2.45) is 16.6 Å². The maximum absolute atomic E-state index is 6.01. The zero-order valence-corrected chi connectivity index (χ0v) is 14.5. The van der Waals surface area contributed by atoms with Crippen molar-refractivity contribution in [1.82, 2.24) is 5.32 Å². The fourth-order valence-electron chi connectivity index (χ4n) is 2.60. The minimum atomic E-state index is 0. The minimum Gasteiger partial charge on any atom is -0.370 e. The van der Waals surface area contributed by atoms with Gasteiger partial charge in [-0.15, -0.1) is 24.0 Å². The van der Waals surface area contributed by atoms with Gasteiger partial charge in [0.05, 0.1) is 0 Å². The van der Waals surface area contributed by atoms with E-state index in [1.165, 1.54) is 24.8 Å². The number of nitrogens with two attached hydrogens (primary N) is 1. The second-order valence-electron chi connectivity index (χ2n) is 5.67. The second kappa shape index (κ2) is 6.98. The fraction of sp³-hybridized carbons (Fsp3) is 0.533. The van der Waals surface area contributed by atoms with E-state index in [1.54, 1.807) is 0 Å². The lowest BCUT2D eigenvalue weighted by Gasteiger charge is -2.23. The highest BCUT2D eigenvalue weighted by atomic mass is 127. The first-order valence-electron chi connectivity index (χ1n) is 7.04. The molecule has 20 heavy (non-hydrogen) atoms. The molecule has 0 spiro atoms. The molecule has 5 heteroatoms. The van der Waals surface area contributed by atoms with Crippen molar-refractivity contribution >= 4 is 41.5 Å². The van der Waals surface area contributed by atoms with Gasteiger partial charge in [0.2, 0.25) is 0 Å². The SMILES string of the molecule is I.NC(=NCC1CCC1)NC1CC1c1cccc(Cl)c1. The third kappa shape index (κ3) is 4.01. The Bertz CT molecular complexity index is 488. The average molecular weight is 406 g/mol. The molecule has 2 fully saturated rings. The van der Waals surface area contributed by atoms with Crippen molar-refractivity contribution in [3.8, 4) is 0 Å². The summed E-state index contributed by atoms with van der Waals surface area (Å²) in [6.07, 6.45) is 5.09. The summed E-state index contributed by atoms with van der Waals surface area (Å²) < 4.78 is 0. The number of nitrogens with zero attached hydrogens (tertiary/aromatic N) is 1. The molecule has 2 aliphatic carbocycles. The van der Waals surface area contributed by atoms with Crippen LogP contribution in [0.1, 0.15) is 37.2 Å². The summed E-state index contributed by atoms with van der Waals surface area (Å²) in [5.74, 6) is 1.89. The van der Waals surface area contributed by atoms with E-state index in [1.807, 2.05) is 18.2 Å². The fourth-order valence-corrected chi connectivity index (χ4v) is 2.80. The Kier molecular flexibility index (Phi) is 5.55. The number of aliphatic imine (C=N–C) groups is 1. The normalized spacial score (nSPS) is 25.6. The highest BCUT2D eigenvalue weighted by Crippen LogP contribution is 2.41. The molecule has 3 N–H and O–H groups in total. The summed E-state index contributed by atoms with van der Waals surface area (Å²) in [6.45, 7) is 0.882. The van der Waals surface area contributed by atoms with Crippen LogP contribution in [-0.2, 0) is 0 Å². The first-order valence-corrected chi connectivity index (χ1v) is 7.42. The van der Waals surface area contributed by atoms with Crippen molar-refractivity contribution < 1.29 is 0 Å². The highest BCUT2D eigenvalue weighted by molar-refractivity contribution is 14.0. The molecule has 1 aromatic rings. The number of benzene rings is 1. The van der Waals surface area contributed by atoms with Crippen LogP contribution in [0.25, 0.3) is 0 Å². The number of nitrogens with one attached hydrogen (secondary N) is 1. The molecule has 2 saturated carbocycles. The summed E-state index contributed by atoms with van der Waals surface area (Å²) in [4.78, 5) is 4.43. The van der Waals surface area contributed by atoms with E-state index >= 15 is 0 Å². The van der Waals surface area contributed by atoms with Crippen molar-refractivity contribution in [3.05, 3.63) is 34.9 Å². The second-order valence-corrected chi connectivity index (χ2v) is 6.11. The van der Waals surface area contributed by atoms with Gasteiger partial charge < -0.3 is 11.1 Å². The van der Waals surface area contributed by atoms with E-state index in [2.05, 4.69) is 16.4 Å². The third-order valence-electron chi connectivity index (χ3n) is 4.15. The lowest BCUT2D eigenvalue weighted by molar-refractivity contribution is 0.326. The molecule has 0 bridgehead atoms. The van der Waals surface area contributed by atoms with Gasteiger partial charge in [0.1, 0.15) is 0 Å². The molecule has 0 amide bonds. The minimum absolute atomic E-state index is 0. The van der Waals surface area contributed by atoms with Gasteiger partial charge in [-0.05, 0) is 42.9 Å². The number of rotatable bonds is 4. The van der Waals surface area contributed by atoms with Gasteiger partial charge in [-0.25, -0.2) is 0 Å². The first-order chi connectivity index (χ1) is 9.22. The molecule has 3 rings (SSSR count). The Labute approximate surface area is 142 Å². The van der Waals surface area contributed by atoms with Crippen LogP contribution >= 0.6 is 35.6 Å². The van der Waals surface area contributed by atoms with Crippen molar-refractivity contribution in [2.45, 2.75) is 37.6 Å². The van der Waals surface area contributed by atoms with Crippen molar-refractivity contribution in [2.75, 3.05) is 6.54 Å². The van der Waals surface area contributed by atoms with Crippen LogP contribution in [0.15, 0.2) is 29.3 Å². The lowest BCUT2D eigenvalue weighted by Crippen LogP contribution is -2.35. The smallest absolute Gasteiger partial charge is 0.188 e. The average Bonchev–Trinajstić information content (AvgIpc) is 3.06. The van der Waals surface area contributed by atoms with Gasteiger partial charge in [0, 0.05) is 23.5 Å². The van der Waals surface area contributed by atoms with Crippen LogP contribution < -0.4 is 11.1 Å². The van der Waals surface area contributed by atoms with Crippen LogP contribution in [0.3, 0.4) is 0 Å². The standard InChI is InChI=1S/C15H20ClN3.HI/c16-12-6-2-5-11(7-12)13-8-14(13)19-15(17)18-9-10-3-1-4-10;/h2,5-7,10,13-14H,1,3-4,8-9H2,(H3,17,18,19);1H. The maximum atomic E-state index is 6.01. The molecule has 0 heterocycles. The van der Waals surface area contributed by atoms with Crippen LogP contribution in [0.2, 0.25) is 5.02 Å². The summed E-state index contributed by atoms with van der Waals surface area (Å²) in [7, 11) is 0. The molecule has 3 nitrogen and oxygen atoms in total. The summed E-state index contributed by atoms with van der Waals surface area (Å²) in [6, 6.07) is 8.49. The summed E-state index contributed by atoms with van der Waals surface area (Å²) in [5.41, 5.74) is 7.21. The molecule has 0 saturated heterocycles. The zero-order valence-electron chi connectivity index (χ0n) is 11.4. The number of hydrogen-bond donors (Lipinski definition) is 2. The van der Waals surface area contributed by atoms with Gasteiger partial charge in [0.15, 0.2) is 5.96 Å². The maximum Gasteiger partial charge on any atom is 0.188 e. The van der Waals surface area contributed by atoms with Crippen LogP contribution in [0.5, 0.6) is 0 Å². The van der Waals surface area contributed by atoms with Crippen molar-refractivity contribution in [3.63, 3.8) is 0 Å². The van der Waals surface area contributed by atoms with Crippen LogP contribution in [-0.4, -0.2) is 18.5 Å². The molecule has 2 unspecified atom stereocenters. The van der Waals surface area contributed by atoms with Crippen LogP contribution in [0, 0.1) is 5.92 Å². The summed E-state index contributed by atoms with van der Waals surface area (Å²) >= 11 is 6.01. The Morgan fingerprint density at radius 2 is 2.20 bits per heavy atom. The monoisotopic (exact) mass is 405 g/mol. The molecule has 0 aliphatic heterocycles. The largest absolute Gasteiger partial charge is 0.370 e. The predicted octanol–water partition coefficient (Wildman–Crippen LogP) is 3.52. The lowest BCUT2D eigenvalue weighted by atomic mass is 9.86. The topological polar surface area (TPSA) is 50.4 Å². The molecule has 2 atom stereocenters. The van der Waals surface area contributed by atoms with Gasteiger partial charge in [-0.3, -0.25) is 4.99 Å².